The topological polar surface area (TPSA) is 65.3 Å². The Morgan fingerprint density at radius 2 is 1.70 bits per heavy atom. The number of carbonyl (C=O) groups excluding carboxylic acids is 1. The van der Waals surface area contributed by atoms with Gasteiger partial charge in [-0.3, -0.25) is 4.79 Å². The molecule has 1 atom stereocenters. The molecule has 7 heteroatoms. The summed E-state index contributed by atoms with van der Waals surface area (Å²) in [6.45, 7) is 5.70. The number of carbonyl (C=O) groups is 1. The molecule has 0 aromatic heterocycles. The van der Waals surface area contributed by atoms with Gasteiger partial charge in [0.05, 0.1) is 22.8 Å². The van der Waals surface area contributed by atoms with Crippen LogP contribution < -0.4 is 4.90 Å². The van der Waals surface area contributed by atoms with Crippen LogP contribution in [-0.4, -0.2) is 23.1 Å². The number of amides is 1. The molecule has 0 aliphatic carbocycles. The average Bonchev–Trinajstić information content (AvgIpc) is 2.81. The van der Waals surface area contributed by atoms with E-state index in [1.54, 1.807) is 12.1 Å². The molecule has 1 unspecified atom stereocenters. The molecule has 0 radical (unpaired) electrons. The van der Waals surface area contributed by atoms with E-state index >= 15 is 0 Å². The minimum atomic E-state index is -1.90. The van der Waals surface area contributed by atoms with Gasteiger partial charge in [0.15, 0.2) is 5.60 Å². The van der Waals surface area contributed by atoms with Crippen LogP contribution in [0.5, 0.6) is 0 Å². The Hall–Kier alpha value is -1.95. The smallest absolute Gasteiger partial charge is 0.266 e. The summed E-state index contributed by atoms with van der Waals surface area (Å²) >= 11 is 12.7. The molecule has 0 bridgehead atoms. The zero-order valence-corrected chi connectivity index (χ0v) is 16.9. The standard InChI is InChI=1S/C20H21Cl2N3O2/c1-19(2,3)24-23-12-20(27)16-14(21)9-10-15(22)17(16)25(18(20)26)11-13-7-5-4-6-8-13/h4-10,27H,11-12H2,1-3H3. The lowest BCUT2D eigenvalue weighted by Crippen LogP contribution is -2.42. The first-order chi connectivity index (χ1) is 12.6. The van der Waals surface area contributed by atoms with Gasteiger partial charge in [-0.15, -0.1) is 0 Å². The minimum Gasteiger partial charge on any atom is -0.374 e. The maximum absolute atomic E-state index is 13.2. The molecule has 0 saturated carbocycles. The Kier molecular flexibility index (Phi) is 5.30. The highest BCUT2D eigenvalue weighted by Crippen LogP contribution is 2.48. The van der Waals surface area contributed by atoms with Gasteiger partial charge in [0.1, 0.15) is 6.54 Å². The fraction of sp³-hybridized carbons (Fsp3) is 0.350. The van der Waals surface area contributed by atoms with Crippen molar-refractivity contribution >= 4 is 34.8 Å². The van der Waals surface area contributed by atoms with Gasteiger partial charge in [-0.25, -0.2) is 0 Å². The summed E-state index contributed by atoms with van der Waals surface area (Å²) in [6.07, 6.45) is 0. The molecule has 1 amide bonds. The number of benzene rings is 2. The number of hydrogen-bond donors (Lipinski definition) is 1. The van der Waals surface area contributed by atoms with E-state index in [9.17, 15) is 9.90 Å². The third-order valence-electron chi connectivity index (χ3n) is 4.21. The van der Waals surface area contributed by atoms with Gasteiger partial charge in [0.25, 0.3) is 5.91 Å². The molecule has 2 aromatic carbocycles. The average molecular weight is 406 g/mol. The van der Waals surface area contributed by atoms with E-state index in [0.717, 1.165) is 5.56 Å². The summed E-state index contributed by atoms with van der Waals surface area (Å²) in [5.74, 6) is -0.510. The van der Waals surface area contributed by atoms with E-state index in [4.69, 9.17) is 23.2 Å². The number of nitrogens with zero attached hydrogens (tertiary/aromatic N) is 3. The van der Waals surface area contributed by atoms with Crippen LogP contribution in [0.2, 0.25) is 10.0 Å². The number of fused-ring (bicyclic) bond motifs is 1. The maximum atomic E-state index is 13.2. The summed E-state index contributed by atoms with van der Waals surface area (Å²) < 4.78 is 0. The second kappa shape index (κ2) is 7.23. The van der Waals surface area contributed by atoms with Gasteiger partial charge in [0, 0.05) is 10.6 Å². The predicted molar refractivity (Wildman–Crippen MR) is 107 cm³/mol. The zero-order valence-electron chi connectivity index (χ0n) is 15.4. The van der Waals surface area contributed by atoms with E-state index < -0.39 is 17.0 Å². The van der Waals surface area contributed by atoms with Crippen LogP contribution in [0.4, 0.5) is 5.69 Å². The van der Waals surface area contributed by atoms with E-state index in [1.807, 2.05) is 51.1 Å². The highest BCUT2D eigenvalue weighted by atomic mass is 35.5. The first-order valence-electron chi connectivity index (χ1n) is 8.59. The first-order valence-corrected chi connectivity index (χ1v) is 9.34. The lowest BCUT2D eigenvalue weighted by atomic mass is 9.95. The summed E-state index contributed by atoms with van der Waals surface area (Å²) in [7, 11) is 0. The van der Waals surface area contributed by atoms with Crippen LogP contribution >= 0.6 is 23.2 Å². The third-order valence-corrected chi connectivity index (χ3v) is 4.83. The Bertz CT molecular complexity index is 894. The summed E-state index contributed by atoms with van der Waals surface area (Å²) in [4.78, 5) is 14.7. The van der Waals surface area contributed by atoms with Crippen LogP contribution in [0, 0.1) is 0 Å². The van der Waals surface area contributed by atoms with Crippen molar-refractivity contribution in [1.82, 2.24) is 0 Å². The van der Waals surface area contributed by atoms with Crippen molar-refractivity contribution in [3.63, 3.8) is 0 Å². The summed E-state index contributed by atoms with van der Waals surface area (Å²) in [5, 5.41) is 20.1. The number of hydrogen-bond acceptors (Lipinski definition) is 4. The van der Waals surface area contributed by atoms with Gasteiger partial charge >= 0.3 is 0 Å². The largest absolute Gasteiger partial charge is 0.374 e. The van der Waals surface area contributed by atoms with Crippen LogP contribution in [0.25, 0.3) is 0 Å². The van der Waals surface area contributed by atoms with Gasteiger partial charge in [-0.05, 0) is 38.5 Å². The highest BCUT2D eigenvalue weighted by Gasteiger charge is 2.52. The van der Waals surface area contributed by atoms with Crippen molar-refractivity contribution in [2.24, 2.45) is 10.2 Å². The molecule has 1 N–H and O–H groups in total. The maximum Gasteiger partial charge on any atom is 0.266 e. The van der Waals surface area contributed by atoms with Crippen molar-refractivity contribution in [2.45, 2.75) is 38.5 Å². The van der Waals surface area contributed by atoms with Crippen molar-refractivity contribution < 1.29 is 9.90 Å². The van der Waals surface area contributed by atoms with Crippen molar-refractivity contribution in [3.05, 3.63) is 63.6 Å². The van der Waals surface area contributed by atoms with Gasteiger partial charge in [0.2, 0.25) is 0 Å². The Morgan fingerprint density at radius 3 is 2.33 bits per heavy atom. The Balaban J connectivity index is 2.06. The molecular weight excluding hydrogens is 385 g/mol. The fourth-order valence-electron chi connectivity index (χ4n) is 3.04. The van der Waals surface area contributed by atoms with E-state index in [-0.39, 0.29) is 23.7 Å². The second-order valence-electron chi connectivity index (χ2n) is 7.56. The molecular formula is C20H21Cl2N3O2. The molecule has 0 saturated heterocycles. The Labute approximate surface area is 168 Å². The summed E-state index contributed by atoms with van der Waals surface area (Å²) in [5.41, 5.74) is -0.700. The van der Waals surface area contributed by atoms with Crippen LogP contribution in [0.3, 0.4) is 0 Å². The molecule has 0 fully saturated rings. The number of aliphatic hydroxyl groups is 1. The monoisotopic (exact) mass is 405 g/mol. The number of rotatable bonds is 4. The van der Waals surface area contributed by atoms with Crippen molar-refractivity contribution in [3.8, 4) is 0 Å². The number of azo groups is 1. The third kappa shape index (κ3) is 3.86. The lowest BCUT2D eigenvalue weighted by Gasteiger charge is -2.22. The lowest BCUT2D eigenvalue weighted by molar-refractivity contribution is -0.135. The molecule has 5 nitrogen and oxygen atoms in total. The SMILES string of the molecule is CC(C)(C)N=NCC1(O)C(=O)N(Cc2ccccc2)c2c(Cl)ccc(Cl)c21. The number of halogens is 2. The zero-order chi connectivity index (χ0) is 19.8. The van der Waals surface area contributed by atoms with E-state index in [1.165, 1.54) is 4.90 Å². The van der Waals surface area contributed by atoms with Gasteiger partial charge < -0.3 is 10.0 Å². The predicted octanol–water partition coefficient (Wildman–Crippen LogP) is 4.98. The van der Waals surface area contributed by atoms with Crippen LogP contribution in [-0.2, 0) is 16.9 Å². The normalized spacial score (nSPS) is 19.8. The van der Waals surface area contributed by atoms with Crippen molar-refractivity contribution in [1.29, 1.82) is 0 Å². The first kappa shape index (κ1) is 19.8. The van der Waals surface area contributed by atoms with Gasteiger partial charge in [-0.2, -0.15) is 10.2 Å². The molecule has 1 heterocycles. The van der Waals surface area contributed by atoms with Crippen LogP contribution in [0.15, 0.2) is 52.7 Å². The van der Waals surface area contributed by atoms with Gasteiger partial charge in [-0.1, -0.05) is 53.5 Å². The molecule has 3 rings (SSSR count). The molecule has 2 aromatic rings. The second-order valence-corrected chi connectivity index (χ2v) is 8.37. The fourth-order valence-corrected chi connectivity index (χ4v) is 3.61. The quantitative estimate of drug-likeness (QED) is 0.728. The molecule has 142 valence electrons. The molecule has 0 spiro atoms. The highest BCUT2D eigenvalue weighted by molar-refractivity contribution is 6.38. The molecule has 27 heavy (non-hydrogen) atoms. The molecule has 1 aliphatic rings. The van der Waals surface area contributed by atoms with E-state index in [0.29, 0.717) is 10.7 Å². The van der Waals surface area contributed by atoms with E-state index in [2.05, 4.69) is 10.2 Å². The summed E-state index contributed by atoms with van der Waals surface area (Å²) in [6, 6.07) is 12.7. The Morgan fingerprint density at radius 1 is 1.07 bits per heavy atom. The molecule has 1 aliphatic heterocycles. The number of anilines is 1. The van der Waals surface area contributed by atoms with Crippen LogP contribution in [0.1, 0.15) is 31.9 Å². The minimum absolute atomic E-state index is 0.221. The van der Waals surface area contributed by atoms with Crippen molar-refractivity contribution in [2.75, 3.05) is 11.4 Å².